The van der Waals surface area contributed by atoms with Gasteiger partial charge in [0.1, 0.15) is 5.75 Å². The van der Waals surface area contributed by atoms with E-state index in [2.05, 4.69) is 16.6 Å². The molecule has 0 aliphatic heterocycles. The highest BCUT2D eigenvalue weighted by Gasteiger charge is 2.14. The van der Waals surface area contributed by atoms with Gasteiger partial charge in [-0.3, -0.25) is 0 Å². The van der Waals surface area contributed by atoms with Crippen molar-refractivity contribution in [1.82, 2.24) is 4.72 Å². The molecule has 0 fully saturated rings. The Hall–Kier alpha value is -2.00. The molecule has 0 bridgehead atoms. The minimum absolute atomic E-state index is 0.00136. The van der Waals surface area contributed by atoms with Crippen molar-refractivity contribution < 1.29 is 13.2 Å². The van der Waals surface area contributed by atoms with Crippen LogP contribution in [0.5, 0.6) is 5.75 Å². The molecule has 0 aromatic heterocycles. The van der Waals surface area contributed by atoms with Crippen molar-refractivity contribution in [2.24, 2.45) is 0 Å². The van der Waals surface area contributed by atoms with Gasteiger partial charge in [-0.2, -0.15) is 4.72 Å². The Kier molecular flexibility index (Phi) is 5.67. The third-order valence-corrected chi connectivity index (χ3v) is 4.85. The number of ether oxygens (including phenoxy) is 1. The lowest BCUT2D eigenvalue weighted by molar-refractivity contribution is 0.411. The van der Waals surface area contributed by atoms with Crippen LogP contribution in [0.1, 0.15) is 11.1 Å². The predicted octanol–water partition coefficient (Wildman–Crippen LogP) is 2.99. The van der Waals surface area contributed by atoms with E-state index in [0.29, 0.717) is 16.3 Å². The number of sulfonamides is 1. The lowest BCUT2D eigenvalue weighted by atomic mass is 10.2. The fraction of sp³-hybridized carbons (Fsp3) is 0.176. The summed E-state index contributed by atoms with van der Waals surface area (Å²) in [5.74, 6) is 6.24. The molecule has 0 heterocycles. The molecule has 0 unspecified atom stereocenters. The van der Waals surface area contributed by atoms with Crippen LogP contribution in [0.3, 0.4) is 0 Å². The molecule has 4 nitrogen and oxygen atoms in total. The quantitative estimate of drug-likeness (QED) is 0.863. The van der Waals surface area contributed by atoms with Gasteiger partial charge < -0.3 is 4.74 Å². The number of aryl methyl sites for hydroxylation is 1. The summed E-state index contributed by atoms with van der Waals surface area (Å²) < 4.78 is 32.0. The average Bonchev–Trinajstić information content (AvgIpc) is 2.53. The van der Waals surface area contributed by atoms with Gasteiger partial charge in [0.2, 0.25) is 10.0 Å². The molecule has 0 saturated heterocycles. The molecular weight excluding hydrogens is 334 g/mol. The Labute approximate surface area is 141 Å². The second-order valence-corrected chi connectivity index (χ2v) is 6.91. The van der Waals surface area contributed by atoms with Crippen LogP contribution >= 0.6 is 11.6 Å². The van der Waals surface area contributed by atoms with Gasteiger partial charge in [0.05, 0.1) is 23.6 Å². The molecule has 6 heteroatoms. The van der Waals surface area contributed by atoms with Gasteiger partial charge in [0.15, 0.2) is 0 Å². The van der Waals surface area contributed by atoms with Gasteiger partial charge in [-0.1, -0.05) is 35.6 Å². The maximum Gasteiger partial charge on any atom is 0.241 e. The highest BCUT2D eigenvalue weighted by Crippen LogP contribution is 2.21. The van der Waals surface area contributed by atoms with Gasteiger partial charge in [-0.15, -0.1) is 0 Å². The number of rotatable bonds is 4. The average molecular weight is 350 g/mol. The first-order chi connectivity index (χ1) is 10.9. The Morgan fingerprint density at radius 1 is 1.22 bits per heavy atom. The summed E-state index contributed by atoms with van der Waals surface area (Å²) in [6.45, 7) is 1.79. The largest absolute Gasteiger partial charge is 0.496 e. The second kappa shape index (κ2) is 7.51. The van der Waals surface area contributed by atoms with E-state index in [0.717, 1.165) is 5.56 Å². The van der Waals surface area contributed by atoms with Crippen molar-refractivity contribution in [2.75, 3.05) is 13.7 Å². The molecular formula is C17H16ClNO3S. The Bertz CT molecular complexity index is 867. The third-order valence-electron chi connectivity index (χ3n) is 3.12. The molecule has 2 aromatic carbocycles. The molecule has 0 atom stereocenters. The van der Waals surface area contributed by atoms with Crippen LogP contribution in [0.25, 0.3) is 0 Å². The maximum absolute atomic E-state index is 12.2. The number of halogens is 1. The van der Waals surface area contributed by atoms with Crippen molar-refractivity contribution >= 4 is 21.6 Å². The van der Waals surface area contributed by atoms with E-state index in [1.54, 1.807) is 38.3 Å². The Morgan fingerprint density at radius 3 is 2.61 bits per heavy atom. The lowest BCUT2D eigenvalue weighted by Crippen LogP contribution is -2.24. The normalized spacial score (nSPS) is 10.7. The molecule has 0 spiro atoms. The van der Waals surface area contributed by atoms with Crippen LogP contribution < -0.4 is 9.46 Å². The minimum Gasteiger partial charge on any atom is -0.496 e. The van der Waals surface area contributed by atoms with Crippen LogP contribution in [0.4, 0.5) is 0 Å². The highest BCUT2D eigenvalue weighted by atomic mass is 35.5. The summed E-state index contributed by atoms with van der Waals surface area (Å²) in [5, 5.41) is 0.536. The zero-order chi connectivity index (χ0) is 16.9. The molecule has 2 aromatic rings. The van der Waals surface area contributed by atoms with E-state index in [9.17, 15) is 8.42 Å². The van der Waals surface area contributed by atoms with E-state index in [1.807, 2.05) is 12.1 Å². The summed E-state index contributed by atoms with van der Waals surface area (Å²) in [7, 11) is -2.07. The zero-order valence-corrected chi connectivity index (χ0v) is 14.3. The number of hydrogen-bond acceptors (Lipinski definition) is 3. The van der Waals surface area contributed by atoms with Gasteiger partial charge in [-0.05, 0) is 42.8 Å². The van der Waals surface area contributed by atoms with Gasteiger partial charge in [0, 0.05) is 5.56 Å². The number of hydrogen-bond donors (Lipinski definition) is 1. The van der Waals surface area contributed by atoms with Gasteiger partial charge >= 0.3 is 0 Å². The molecule has 23 heavy (non-hydrogen) atoms. The molecule has 120 valence electrons. The van der Waals surface area contributed by atoms with Gasteiger partial charge in [0.25, 0.3) is 0 Å². The summed E-state index contributed by atoms with van der Waals surface area (Å²) >= 11 is 5.98. The molecule has 1 N–H and O–H groups in total. The van der Waals surface area contributed by atoms with E-state index < -0.39 is 10.0 Å². The Morgan fingerprint density at radius 2 is 1.96 bits per heavy atom. The first kappa shape index (κ1) is 17.4. The van der Waals surface area contributed by atoms with Crippen LogP contribution in [0.2, 0.25) is 5.02 Å². The fourth-order valence-corrected chi connectivity index (χ4v) is 3.13. The van der Waals surface area contributed by atoms with Crippen molar-refractivity contribution in [1.29, 1.82) is 0 Å². The zero-order valence-electron chi connectivity index (χ0n) is 12.8. The number of benzene rings is 2. The smallest absolute Gasteiger partial charge is 0.241 e. The molecule has 0 aliphatic rings. The van der Waals surface area contributed by atoms with Crippen LogP contribution in [0.15, 0.2) is 47.4 Å². The molecule has 0 aliphatic carbocycles. The topological polar surface area (TPSA) is 55.4 Å². The lowest BCUT2D eigenvalue weighted by Gasteiger charge is -2.08. The van der Waals surface area contributed by atoms with E-state index in [4.69, 9.17) is 16.3 Å². The van der Waals surface area contributed by atoms with Crippen molar-refractivity contribution in [3.05, 3.63) is 58.6 Å². The first-order valence-corrected chi connectivity index (χ1v) is 8.68. The first-order valence-electron chi connectivity index (χ1n) is 6.82. The second-order valence-electron chi connectivity index (χ2n) is 4.74. The third kappa shape index (κ3) is 4.49. The minimum atomic E-state index is -3.61. The maximum atomic E-state index is 12.2. The summed E-state index contributed by atoms with van der Waals surface area (Å²) in [6, 6.07) is 11.8. The van der Waals surface area contributed by atoms with E-state index in [1.165, 1.54) is 6.07 Å². The van der Waals surface area contributed by atoms with Crippen LogP contribution in [-0.4, -0.2) is 22.1 Å². The number of methoxy groups -OCH3 is 1. The molecule has 2 rings (SSSR count). The Balaban J connectivity index is 2.08. The van der Waals surface area contributed by atoms with E-state index in [-0.39, 0.29) is 11.4 Å². The van der Waals surface area contributed by atoms with Crippen molar-refractivity contribution in [2.45, 2.75) is 11.8 Å². The highest BCUT2D eigenvalue weighted by molar-refractivity contribution is 7.89. The fourth-order valence-electron chi connectivity index (χ4n) is 1.93. The predicted molar refractivity (Wildman–Crippen MR) is 91.2 cm³/mol. The SMILES string of the molecule is COc1ccc(S(=O)(=O)NCC#Cc2ccccc2Cl)cc1C. The summed E-state index contributed by atoms with van der Waals surface area (Å²) in [6.07, 6.45) is 0. The van der Waals surface area contributed by atoms with Gasteiger partial charge in [-0.25, -0.2) is 8.42 Å². The summed E-state index contributed by atoms with van der Waals surface area (Å²) in [5.41, 5.74) is 1.41. The van der Waals surface area contributed by atoms with Crippen molar-refractivity contribution in [3.63, 3.8) is 0 Å². The van der Waals surface area contributed by atoms with Crippen LogP contribution in [0, 0.1) is 18.8 Å². The molecule has 0 radical (unpaired) electrons. The van der Waals surface area contributed by atoms with Crippen molar-refractivity contribution in [3.8, 4) is 17.6 Å². The number of nitrogens with one attached hydrogen (secondary N) is 1. The molecule has 0 saturated carbocycles. The van der Waals surface area contributed by atoms with E-state index >= 15 is 0 Å². The monoisotopic (exact) mass is 349 g/mol. The standard InChI is InChI=1S/C17H16ClNO3S/c1-13-12-15(9-10-17(13)22-2)23(20,21)19-11-5-7-14-6-3-4-8-16(14)18/h3-4,6,8-10,12,19H,11H2,1-2H3. The van der Waals surface area contributed by atoms with Crippen LogP contribution in [-0.2, 0) is 10.0 Å². The molecule has 0 amide bonds. The summed E-state index contributed by atoms with van der Waals surface area (Å²) in [4.78, 5) is 0.176.